The molecule has 7 nitrogen and oxygen atoms in total. The Bertz CT molecular complexity index is 924. The lowest BCUT2D eigenvalue weighted by Gasteiger charge is -2.41. The second kappa shape index (κ2) is 12.6. The molecule has 1 aromatic rings. The number of hydrogen-bond acceptors (Lipinski definition) is 6. The first kappa shape index (κ1) is 29.4. The van der Waals surface area contributed by atoms with Crippen molar-refractivity contribution in [1.29, 1.82) is 0 Å². The van der Waals surface area contributed by atoms with Gasteiger partial charge < -0.3 is 28.8 Å². The molecule has 0 amide bonds. The summed E-state index contributed by atoms with van der Waals surface area (Å²) >= 11 is 0. The minimum atomic E-state index is -2.13. The predicted molar refractivity (Wildman–Crippen MR) is 146 cm³/mol. The molecule has 7 atom stereocenters. The number of para-hydroxylation sites is 1. The zero-order chi connectivity index (χ0) is 27.2. The van der Waals surface area contributed by atoms with Gasteiger partial charge in [-0.3, -0.25) is 4.79 Å². The van der Waals surface area contributed by atoms with Crippen LogP contribution in [0.25, 0.3) is 0 Å². The smallest absolute Gasteiger partial charge is 0.303 e. The fraction of sp³-hybridized carbons (Fsp3) is 0.621. The van der Waals surface area contributed by atoms with Gasteiger partial charge in [-0.05, 0) is 68.1 Å². The molecule has 0 saturated heterocycles. The predicted octanol–water partition coefficient (Wildman–Crippen LogP) is 5.91. The molecule has 1 aliphatic heterocycles. The van der Waals surface area contributed by atoms with Crippen LogP contribution in [0, 0.1) is 11.8 Å². The van der Waals surface area contributed by atoms with E-state index in [2.05, 4.69) is 33.9 Å². The molecule has 2 aliphatic rings. The van der Waals surface area contributed by atoms with E-state index in [1.165, 1.54) is 0 Å². The number of ether oxygens (including phenoxy) is 3. The van der Waals surface area contributed by atoms with Crippen LogP contribution in [-0.4, -0.2) is 55.2 Å². The van der Waals surface area contributed by atoms with Crippen LogP contribution < -0.4 is 4.74 Å². The van der Waals surface area contributed by atoms with E-state index in [9.17, 15) is 15.0 Å². The zero-order valence-electron chi connectivity index (χ0n) is 23.0. The van der Waals surface area contributed by atoms with Gasteiger partial charge in [0.15, 0.2) is 8.32 Å². The van der Waals surface area contributed by atoms with Crippen molar-refractivity contribution in [1.82, 2.24) is 0 Å². The van der Waals surface area contributed by atoms with E-state index in [1.54, 1.807) is 12.3 Å². The summed E-state index contributed by atoms with van der Waals surface area (Å²) in [5.41, 5.74) is 0. The van der Waals surface area contributed by atoms with Gasteiger partial charge in [0.2, 0.25) is 6.29 Å². The zero-order valence-corrected chi connectivity index (χ0v) is 24.0. The summed E-state index contributed by atoms with van der Waals surface area (Å²) in [6, 6.07) is 9.72. The number of aliphatic hydroxyl groups is 1. The van der Waals surface area contributed by atoms with Crippen molar-refractivity contribution in [3.8, 4) is 5.75 Å². The third-order valence-electron chi connectivity index (χ3n) is 8.01. The molecular weight excluding hydrogens is 488 g/mol. The Balaban J connectivity index is 1.79. The third-order valence-corrected chi connectivity index (χ3v) is 12.5. The van der Waals surface area contributed by atoms with Gasteiger partial charge in [-0.1, -0.05) is 45.0 Å². The van der Waals surface area contributed by atoms with E-state index in [-0.39, 0.29) is 35.7 Å². The Hall–Kier alpha value is -2.13. The molecule has 206 valence electrons. The number of aliphatic hydroxyl groups excluding tert-OH is 1. The first-order chi connectivity index (χ1) is 17.4. The minimum Gasteiger partial charge on any atom is -0.488 e. The highest BCUT2D eigenvalue weighted by Gasteiger charge is 2.46. The van der Waals surface area contributed by atoms with Gasteiger partial charge >= 0.3 is 5.97 Å². The molecule has 0 aromatic heterocycles. The van der Waals surface area contributed by atoms with Crippen LogP contribution in [0.2, 0.25) is 18.1 Å². The van der Waals surface area contributed by atoms with Gasteiger partial charge in [-0.2, -0.15) is 0 Å². The van der Waals surface area contributed by atoms with Gasteiger partial charge in [-0.15, -0.1) is 0 Å². The number of carbonyl (C=O) groups is 1. The van der Waals surface area contributed by atoms with Crippen LogP contribution in [0.4, 0.5) is 0 Å². The van der Waals surface area contributed by atoms with Gasteiger partial charge in [0.25, 0.3) is 0 Å². The standard InChI is InChI=1S/C29H44O7Si/c1-20(34-21-12-8-7-9-13-21)25(36-37(5,6)29(2,3)4)16-15-22-23(18-27(31)32)24(30)19-26(22)35-28-14-10-11-17-33-28/h7-14,17,20,22-26,28,30H,15-16,18-19H2,1-6H3,(H,31,32)/t20?,22-,23?,24-,25-,26+,28+/m0/s1. The summed E-state index contributed by atoms with van der Waals surface area (Å²) in [6.45, 7) is 13.1. The number of hydrogen-bond donors (Lipinski definition) is 2. The average molecular weight is 533 g/mol. The van der Waals surface area contributed by atoms with Crippen molar-refractivity contribution in [2.24, 2.45) is 11.8 Å². The van der Waals surface area contributed by atoms with Crippen LogP contribution >= 0.6 is 0 Å². The highest BCUT2D eigenvalue weighted by Crippen LogP contribution is 2.42. The maximum absolute atomic E-state index is 11.7. The number of rotatable bonds is 12. The number of carboxylic acid groups (broad SMARTS) is 1. The lowest BCUT2D eigenvalue weighted by molar-refractivity contribution is -0.140. The maximum Gasteiger partial charge on any atom is 0.303 e. The van der Waals surface area contributed by atoms with Crippen LogP contribution in [0.15, 0.2) is 54.8 Å². The van der Waals surface area contributed by atoms with Crippen molar-refractivity contribution in [2.45, 2.75) is 102 Å². The van der Waals surface area contributed by atoms with E-state index in [0.717, 1.165) is 5.75 Å². The minimum absolute atomic E-state index is 0.0247. The molecular formula is C29H44O7Si. The third kappa shape index (κ3) is 8.17. The Morgan fingerprint density at radius 1 is 1.16 bits per heavy atom. The summed E-state index contributed by atoms with van der Waals surface area (Å²) in [5.74, 6) is -0.677. The summed E-state index contributed by atoms with van der Waals surface area (Å²) in [6.07, 6.45) is 6.59. The Morgan fingerprint density at radius 2 is 1.86 bits per heavy atom. The van der Waals surface area contributed by atoms with Crippen molar-refractivity contribution >= 4 is 14.3 Å². The lowest BCUT2D eigenvalue weighted by atomic mass is 9.86. The molecule has 0 spiro atoms. The van der Waals surface area contributed by atoms with Crippen LogP contribution in [0.5, 0.6) is 5.75 Å². The van der Waals surface area contributed by atoms with E-state index in [4.69, 9.17) is 18.6 Å². The number of allylic oxidation sites excluding steroid dienone is 2. The fourth-order valence-electron chi connectivity index (χ4n) is 4.90. The first-order valence-corrected chi connectivity index (χ1v) is 16.2. The van der Waals surface area contributed by atoms with E-state index in [0.29, 0.717) is 19.3 Å². The lowest BCUT2D eigenvalue weighted by Crippen LogP contribution is -2.48. The summed E-state index contributed by atoms with van der Waals surface area (Å²) < 4.78 is 24.9. The van der Waals surface area contributed by atoms with Crippen molar-refractivity contribution in [3.63, 3.8) is 0 Å². The topological polar surface area (TPSA) is 94.5 Å². The highest BCUT2D eigenvalue weighted by molar-refractivity contribution is 6.74. The molecule has 1 fully saturated rings. The first-order valence-electron chi connectivity index (χ1n) is 13.3. The van der Waals surface area contributed by atoms with Gasteiger partial charge in [0.05, 0.1) is 31.0 Å². The molecule has 0 bridgehead atoms. The molecule has 1 aliphatic carbocycles. The second-order valence-corrected chi connectivity index (χ2v) is 16.5. The highest BCUT2D eigenvalue weighted by atomic mass is 28.4. The Morgan fingerprint density at radius 3 is 2.46 bits per heavy atom. The van der Waals surface area contributed by atoms with Gasteiger partial charge in [0.1, 0.15) is 11.9 Å². The second-order valence-electron chi connectivity index (χ2n) is 11.8. The van der Waals surface area contributed by atoms with Crippen molar-refractivity contribution < 1.29 is 33.6 Å². The van der Waals surface area contributed by atoms with E-state index >= 15 is 0 Å². The molecule has 8 heteroatoms. The fourth-order valence-corrected chi connectivity index (χ4v) is 6.32. The molecule has 1 aromatic carbocycles. The molecule has 1 saturated carbocycles. The molecule has 3 rings (SSSR count). The van der Waals surface area contributed by atoms with Crippen LogP contribution in [-0.2, 0) is 18.7 Å². The monoisotopic (exact) mass is 532 g/mol. The molecule has 0 radical (unpaired) electrons. The van der Waals surface area contributed by atoms with E-state index < -0.39 is 32.6 Å². The Kier molecular flexibility index (Phi) is 10.0. The molecule has 2 N–H and O–H groups in total. The number of benzene rings is 1. The van der Waals surface area contributed by atoms with Crippen molar-refractivity contribution in [2.75, 3.05) is 0 Å². The number of aliphatic carboxylic acids is 1. The van der Waals surface area contributed by atoms with E-state index in [1.807, 2.05) is 49.4 Å². The molecule has 37 heavy (non-hydrogen) atoms. The summed E-state index contributed by atoms with van der Waals surface area (Å²) in [7, 11) is -2.13. The quantitative estimate of drug-likeness (QED) is 0.323. The van der Waals surface area contributed by atoms with Gasteiger partial charge in [-0.25, -0.2) is 0 Å². The molecule has 1 heterocycles. The SMILES string of the molecule is CC(Oc1ccccc1)[C@H](CC[C@H]1C(CC(=O)O)[C@@H](O)C[C@H]1O[C@@H]1C=CC=CO1)O[Si](C)(C)C(C)(C)C. The summed E-state index contributed by atoms with van der Waals surface area (Å²) in [4.78, 5) is 11.7. The number of carboxylic acids is 1. The largest absolute Gasteiger partial charge is 0.488 e. The van der Waals surface area contributed by atoms with Crippen LogP contribution in [0.1, 0.15) is 53.4 Å². The summed E-state index contributed by atoms with van der Waals surface area (Å²) in [5, 5.41) is 20.4. The van der Waals surface area contributed by atoms with Crippen molar-refractivity contribution in [3.05, 3.63) is 54.8 Å². The van der Waals surface area contributed by atoms with Crippen LogP contribution in [0.3, 0.4) is 0 Å². The molecule has 2 unspecified atom stereocenters. The van der Waals surface area contributed by atoms with Gasteiger partial charge in [0, 0.05) is 12.3 Å². The Labute approximate surface area is 222 Å². The average Bonchev–Trinajstić information content (AvgIpc) is 3.10. The maximum atomic E-state index is 11.7. The normalized spacial score (nSPS) is 27.5.